The van der Waals surface area contributed by atoms with Gasteiger partial charge >= 0.3 is 0 Å². The first kappa shape index (κ1) is 12.3. The molecule has 1 heterocycles. The van der Waals surface area contributed by atoms with Gasteiger partial charge < -0.3 is 5.73 Å². The van der Waals surface area contributed by atoms with Gasteiger partial charge in [0, 0.05) is 11.0 Å². The molecule has 3 rings (SSSR count). The van der Waals surface area contributed by atoms with Gasteiger partial charge in [-0.05, 0) is 29.3 Å². The Balaban J connectivity index is 1.97. The number of nitrogens with two attached hydrogens (primary N) is 1. The molecule has 0 spiro atoms. The first-order valence-corrected chi connectivity index (χ1v) is 6.83. The van der Waals surface area contributed by atoms with E-state index in [2.05, 4.69) is 38.4 Å². The molecule has 0 atom stereocenters. The second kappa shape index (κ2) is 5.11. The first-order chi connectivity index (χ1) is 9.28. The fourth-order valence-electron chi connectivity index (χ4n) is 2.04. The Kier molecular flexibility index (Phi) is 3.31. The lowest BCUT2D eigenvalue weighted by atomic mass is 10.1. The molecule has 0 amide bonds. The van der Waals surface area contributed by atoms with Crippen molar-refractivity contribution in [3.63, 3.8) is 0 Å². The summed E-state index contributed by atoms with van der Waals surface area (Å²) in [6.45, 7) is 1.23. The molecule has 5 heteroatoms. The molecule has 0 aliphatic heterocycles. The Hall–Kier alpha value is -1.72. The fraction of sp³-hybridized carbons (Fsp3) is 0.143. The summed E-state index contributed by atoms with van der Waals surface area (Å²) in [5.74, 6) is 0. The van der Waals surface area contributed by atoms with Crippen LogP contribution in [0.25, 0.3) is 11.0 Å². The minimum Gasteiger partial charge on any atom is -0.326 e. The second-order valence-electron chi connectivity index (χ2n) is 4.37. The molecule has 2 N–H and O–H groups in total. The van der Waals surface area contributed by atoms with E-state index < -0.39 is 0 Å². The number of halogens is 1. The largest absolute Gasteiger partial charge is 0.326 e. The monoisotopic (exact) mass is 316 g/mol. The molecular weight excluding hydrogens is 304 g/mol. The van der Waals surface area contributed by atoms with Gasteiger partial charge in [-0.25, -0.2) is 4.68 Å². The van der Waals surface area contributed by atoms with Crippen molar-refractivity contribution < 1.29 is 0 Å². The Morgan fingerprint density at radius 2 is 2.00 bits per heavy atom. The van der Waals surface area contributed by atoms with E-state index in [0.717, 1.165) is 26.6 Å². The number of benzene rings is 2. The third kappa shape index (κ3) is 2.39. The molecule has 19 heavy (non-hydrogen) atoms. The van der Waals surface area contributed by atoms with E-state index in [1.807, 2.05) is 35.0 Å². The molecule has 0 saturated heterocycles. The third-order valence-corrected chi connectivity index (χ3v) is 3.83. The molecule has 0 aliphatic carbocycles. The molecule has 0 fully saturated rings. The Morgan fingerprint density at radius 3 is 2.79 bits per heavy atom. The zero-order valence-corrected chi connectivity index (χ0v) is 11.8. The minimum atomic E-state index is 0.547. The van der Waals surface area contributed by atoms with Crippen LogP contribution >= 0.6 is 15.9 Å². The lowest BCUT2D eigenvalue weighted by Gasteiger charge is -2.07. The van der Waals surface area contributed by atoms with Crippen LogP contribution in [0.4, 0.5) is 0 Å². The van der Waals surface area contributed by atoms with E-state index in [4.69, 9.17) is 5.73 Å². The van der Waals surface area contributed by atoms with Crippen LogP contribution in [0.15, 0.2) is 46.9 Å². The summed E-state index contributed by atoms with van der Waals surface area (Å²) in [5.41, 5.74) is 9.85. The number of hydrogen-bond donors (Lipinski definition) is 1. The third-order valence-electron chi connectivity index (χ3n) is 3.09. The van der Waals surface area contributed by atoms with Crippen molar-refractivity contribution >= 4 is 27.0 Å². The van der Waals surface area contributed by atoms with Crippen LogP contribution in [0.2, 0.25) is 0 Å². The zero-order chi connectivity index (χ0) is 13.2. The van der Waals surface area contributed by atoms with E-state index in [1.165, 1.54) is 0 Å². The van der Waals surface area contributed by atoms with Crippen LogP contribution in [0, 0.1) is 0 Å². The summed E-state index contributed by atoms with van der Waals surface area (Å²) in [6, 6.07) is 14.1. The van der Waals surface area contributed by atoms with E-state index in [-0.39, 0.29) is 0 Å². The Labute approximate surface area is 119 Å². The van der Waals surface area contributed by atoms with Gasteiger partial charge in [-0.2, -0.15) is 0 Å². The quantitative estimate of drug-likeness (QED) is 0.808. The van der Waals surface area contributed by atoms with Gasteiger partial charge in [-0.1, -0.05) is 45.4 Å². The van der Waals surface area contributed by atoms with Gasteiger partial charge in [0.05, 0.1) is 12.1 Å². The van der Waals surface area contributed by atoms with Gasteiger partial charge in [0.2, 0.25) is 0 Å². The number of rotatable bonds is 3. The zero-order valence-electron chi connectivity index (χ0n) is 10.3. The molecule has 0 radical (unpaired) electrons. The minimum absolute atomic E-state index is 0.547. The van der Waals surface area contributed by atoms with Gasteiger partial charge in [0.15, 0.2) is 0 Å². The normalized spacial score (nSPS) is 11.1. The molecule has 0 bridgehead atoms. The molecule has 0 aliphatic rings. The summed E-state index contributed by atoms with van der Waals surface area (Å²) in [7, 11) is 0. The lowest BCUT2D eigenvalue weighted by Crippen LogP contribution is -2.04. The van der Waals surface area contributed by atoms with Crippen molar-refractivity contribution in [1.82, 2.24) is 15.0 Å². The number of nitrogens with zero attached hydrogens (tertiary/aromatic N) is 3. The molecule has 3 aromatic rings. The second-order valence-corrected chi connectivity index (χ2v) is 5.22. The summed E-state index contributed by atoms with van der Waals surface area (Å²) in [4.78, 5) is 0. The van der Waals surface area contributed by atoms with Crippen LogP contribution < -0.4 is 5.73 Å². The number of fused-ring (bicyclic) bond motifs is 1. The highest BCUT2D eigenvalue weighted by Gasteiger charge is 2.07. The maximum Gasteiger partial charge on any atom is 0.113 e. The number of para-hydroxylation sites is 1. The van der Waals surface area contributed by atoms with Crippen molar-refractivity contribution in [2.75, 3.05) is 0 Å². The predicted octanol–water partition coefficient (Wildman–Crippen LogP) is 2.70. The topological polar surface area (TPSA) is 56.7 Å². The van der Waals surface area contributed by atoms with E-state index in [0.29, 0.717) is 13.1 Å². The van der Waals surface area contributed by atoms with Crippen LogP contribution in [0.5, 0.6) is 0 Å². The van der Waals surface area contributed by atoms with Gasteiger partial charge in [0.1, 0.15) is 5.52 Å². The van der Waals surface area contributed by atoms with E-state index in [9.17, 15) is 0 Å². The van der Waals surface area contributed by atoms with E-state index in [1.54, 1.807) is 0 Å². The van der Waals surface area contributed by atoms with Gasteiger partial charge in [-0.3, -0.25) is 0 Å². The number of hydrogen-bond acceptors (Lipinski definition) is 3. The SMILES string of the molecule is NCc1ccc(Cn2nnc3ccccc32)c(Br)c1. The molecule has 96 valence electrons. The smallest absolute Gasteiger partial charge is 0.113 e. The summed E-state index contributed by atoms with van der Waals surface area (Å²) < 4.78 is 2.95. The lowest BCUT2D eigenvalue weighted by molar-refractivity contribution is 0.668. The summed E-state index contributed by atoms with van der Waals surface area (Å²) >= 11 is 3.58. The highest BCUT2D eigenvalue weighted by atomic mass is 79.9. The molecule has 2 aromatic carbocycles. The Bertz CT molecular complexity index is 720. The maximum atomic E-state index is 5.63. The van der Waals surface area contributed by atoms with Crippen LogP contribution in [0.3, 0.4) is 0 Å². The first-order valence-electron chi connectivity index (χ1n) is 6.03. The number of aromatic nitrogens is 3. The highest BCUT2D eigenvalue weighted by Crippen LogP contribution is 2.21. The average Bonchev–Trinajstić information content (AvgIpc) is 2.84. The standard InChI is InChI=1S/C14H13BrN4/c15-12-7-10(8-16)5-6-11(12)9-19-14-4-2-1-3-13(14)17-18-19/h1-7H,8-9,16H2. The molecule has 4 nitrogen and oxygen atoms in total. The molecular formula is C14H13BrN4. The van der Waals surface area contributed by atoms with Crippen molar-refractivity contribution in [3.05, 3.63) is 58.1 Å². The fourth-order valence-corrected chi connectivity index (χ4v) is 2.59. The summed E-state index contributed by atoms with van der Waals surface area (Å²) in [6.07, 6.45) is 0. The van der Waals surface area contributed by atoms with Crippen LogP contribution in [-0.2, 0) is 13.1 Å². The van der Waals surface area contributed by atoms with Gasteiger partial charge in [-0.15, -0.1) is 5.10 Å². The van der Waals surface area contributed by atoms with Crippen molar-refractivity contribution in [2.24, 2.45) is 5.73 Å². The highest BCUT2D eigenvalue weighted by molar-refractivity contribution is 9.10. The van der Waals surface area contributed by atoms with Crippen LogP contribution in [-0.4, -0.2) is 15.0 Å². The van der Waals surface area contributed by atoms with Crippen molar-refractivity contribution in [1.29, 1.82) is 0 Å². The average molecular weight is 317 g/mol. The van der Waals surface area contributed by atoms with Crippen molar-refractivity contribution in [3.8, 4) is 0 Å². The van der Waals surface area contributed by atoms with Gasteiger partial charge in [0.25, 0.3) is 0 Å². The Morgan fingerprint density at radius 1 is 1.16 bits per heavy atom. The molecule has 1 aromatic heterocycles. The molecule has 0 unspecified atom stereocenters. The molecule has 0 saturated carbocycles. The maximum absolute atomic E-state index is 5.63. The van der Waals surface area contributed by atoms with Crippen molar-refractivity contribution in [2.45, 2.75) is 13.1 Å². The predicted molar refractivity (Wildman–Crippen MR) is 78.7 cm³/mol. The van der Waals surface area contributed by atoms with Crippen LogP contribution in [0.1, 0.15) is 11.1 Å². The summed E-state index contributed by atoms with van der Waals surface area (Å²) in [5, 5.41) is 8.35. The van der Waals surface area contributed by atoms with E-state index >= 15 is 0 Å².